The van der Waals surface area contributed by atoms with E-state index in [0.29, 0.717) is 28.9 Å². The monoisotopic (exact) mass is 395 g/mol. The number of nitrogens with one attached hydrogen (secondary N) is 1. The number of hydrogen-bond acceptors (Lipinski definition) is 6. The van der Waals surface area contributed by atoms with Crippen LogP contribution in [-0.4, -0.2) is 25.7 Å². The summed E-state index contributed by atoms with van der Waals surface area (Å²) in [6, 6.07) is 14.5. The Morgan fingerprint density at radius 1 is 1.15 bits per heavy atom. The summed E-state index contributed by atoms with van der Waals surface area (Å²) in [6.45, 7) is 0.540. The molecule has 0 saturated heterocycles. The van der Waals surface area contributed by atoms with Gasteiger partial charge in [0.1, 0.15) is 0 Å². The predicted molar refractivity (Wildman–Crippen MR) is 106 cm³/mol. The summed E-state index contributed by atoms with van der Waals surface area (Å²) in [5, 5.41) is 9.95. The number of hydrogen-bond donors (Lipinski definition) is 1. The molecule has 0 spiro atoms. The average molecular weight is 396 g/mol. The van der Waals surface area contributed by atoms with Crippen LogP contribution >= 0.6 is 22.9 Å². The molecule has 1 aromatic carbocycles. The topological polar surface area (TPSA) is 72.7 Å². The first-order chi connectivity index (χ1) is 13.2. The lowest BCUT2D eigenvalue weighted by Crippen LogP contribution is -2.17. The number of thiophene rings is 1. The van der Waals surface area contributed by atoms with Gasteiger partial charge in [-0.25, -0.2) is 0 Å². The summed E-state index contributed by atoms with van der Waals surface area (Å²) in [7, 11) is 0. The molecule has 6 nitrogen and oxygen atoms in total. The molecular weight excluding hydrogens is 382 g/mol. The molecule has 4 rings (SSSR count). The zero-order chi connectivity index (χ0) is 18.6. The highest BCUT2D eigenvalue weighted by molar-refractivity contribution is 7.09. The molecule has 0 radical (unpaired) electrons. The van der Waals surface area contributed by atoms with Crippen LogP contribution in [-0.2, 0) is 6.54 Å². The Hall–Kier alpha value is -3.03. The molecule has 0 aliphatic heterocycles. The first kappa shape index (κ1) is 17.4. The van der Waals surface area contributed by atoms with Gasteiger partial charge in [-0.2, -0.15) is 9.67 Å². The van der Waals surface area contributed by atoms with Gasteiger partial charge in [0.2, 0.25) is 5.95 Å². The highest BCUT2D eigenvalue weighted by Gasteiger charge is 2.20. The molecule has 4 aromatic rings. The second-order valence-electron chi connectivity index (χ2n) is 5.63. The summed E-state index contributed by atoms with van der Waals surface area (Å²) >= 11 is 7.81. The van der Waals surface area contributed by atoms with Crippen molar-refractivity contribution in [2.24, 2.45) is 0 Å². The van der Waals surface area contributed by atoms with E-state index in [9.17, 15) is 4.79 Å². The molecule has 134 valence electrons. The number of halogens is 1. The molecule has 3 heterocycles. The van der Waals surface area contributed by atoms with Crippen molar-refractivity contribution in [2.75, 3.05) is 5.32 Å². The summed E-state index contributed by atoms with van der Waals surface area (Å²) in [4.78, 5) is 22.7. The van der Waals surface area contributed by atoms with E-state index in [1.165, 1.54) is 4.68 Å². The number of carbonyl (C=O) groups is 1. The van der Waals surface area contributed by atoms with E-state index >= 15 is 0 Å². The minimum Gasteiger partial charge on any atom is -0.349 e. The number of aromatic nitrogens is 4. The number of benzene rings is 1. The molecule has 3 aromatic heterocycles. The smallest absolute Gasteiger partial charge is 0.282 e. The van der Waals surface area contributed by atoms with Crippen LogP contribution in [0.4, 0.5) is 5.95 Å². The number of rotatable bonds is 5. The fourth-order valence-corrected chi connectivity index (χ4v) is 3.37. The molecule has 0 saturated carbocycles. The van der Waals surface area contributed by atoms with Crippen molar-refractivity contribution >= 4 is 34.8 Å². The van der Waals surface area contributed by atoms with E-state index in [1.54, 1.807) is 54.1 Å². The van der Waals surface area contributed by atoms with E-state index in [-0.39, 0.29) is 5.91 Å². The average Bonchev–Trinajstić information content (AvgIpc) is 3.37. The van der Waals surface area contributed by atoms with Crippen LogP contribution in [0.5, 0.6) is 0 Å². The Morgan fingerprint density at radius 2 is 2.04 bits per heavy atom. The van der Waals surface area contributed by atoms with E-state index in [4.69, 9.17) is 11.6 Å². The highest BCUT2D eigenvalue weighted by Crippen LogP contribution is 2.22. The van der Waals surface area contributed by atoms with Gasteiger partial charge in [0, 0.05) is 22.8 Å². The molecule has 0 fully saturated rings. The second kappa shape index (κ2) is 7.69. The Labute approximate surface area is 164 Å². The Balaban J connectivity index is 1.72. The van der Waals surface area contributed by atoms with Gasteiger partial charge in [0.05, 0.1) is 17.1 Å². The van der Waals surface area contributed by atoms with Crippen LogP contribution in [0.15, 0.2) is 66.3 Å². The molecule has 1 N–H and O–H groups in total. The van der Waals surface area contributed by atoms with Crippen molar-refractivity contribution in [1.29, 1.82) is 0 Å². The maximum atomic E-state index is 13.0. The Morgan fingerprint density at radius 3 is 2.78 bits per heavy atom. The predicted octanol–water partition coefficient (Wildman–Crippen LogP) is 4.36. The third kappa shape index (κ3) is 3.74. The summed E-state index contributed by atoms with van der Waals surface area (Å²) in [6.07, 6.45) is 3.33. The minimum absolute atomic E-state index is 0.350. The third-order valence-corrected chi connectivity index (χ3v) is 5.03. The van der Waals surface area contributed by atoms with Gasteiger partial charge in [-0.05, 0) is 35.7 Å². The van der Waals surface area contributed by atoms with Crippen LogP contribution in [0.1, 0.15) is 15.2 Å². The SMILES string of the molecule is O=C(c1ccccc1Cl)n1nc(-c2cccnc2)nc1NCc1cccs1. The van der Waals surface area contributed by atoms with Crippen molar-refractivity contribution in [2.45, 2.75) is 6.54 Å². The Bertz CT molecular complexity index is 1060. The molecule has 0 aliphatic rings. The maximum absolute atomic E-state index is 13.0. The van der Waals surface area contributed by atoms with Crippen LogP contribution in [0, 0.1) is 0 Å². The van der Waals surface area contributed by atoms with Gasteiger partial charge in [0.15, 0.2) is 5.82 Å². The van der Waals surface area contributed by atoms with Gasteiger partial charge >= 0.3 is 0 Å². The molecule has 0 aliphatic carbocycles. The molecular formula is C19H14ClN5OS. The second-order valence-corrected chi connectivity index (χ2v) is 7.07. The first-order valence-electron chi connectivity index (χ1n) is 8.15. The van der Waals surface area contributed by atoms with E-state index in [1.807, 2.05) is 23.6 Å². The number of nitrogens with zero attached hydrogens (tertiary/aromatic N) is 4. The lowest BCUT2D eigenvalue weighted by atomic mass is 10.2. The first-order valence-corrected chi connectivity index (χ1v) is 9.41. The minimum atomic E-state index is -0.350. The summed E-state index contributed by atoms with van der Waals surface area (Å²) in [5.41, 5.74) is 1.09. The molecule has 8 heteroatoms. The molecule has 0 amide bonds. The van der Waals surface area contributed by atoms with Crippen molar-refractivity contribution in [3.05, 3.63) is 81.8 Å². The van der Waals surface area contributed by atoms with E-state index < -0.39 is 0 Å². The van der Waals surface area contributed by atoms with Gasteiger partial charge < -0.3 is 5.32 Å². The lowest BCUT2D eigenvalue weighted by Gasteiger charge is -2.07. The summed E-state index contributed by atoms with van der Waals surface area (Å²) in [5.74, 6) is 0.418. The molecule has 0 atom stereocenters. The molecule has 27 heavy (non-hydrogen) atoms. The van der Waals surface area contributed by atoms with Crippen LogP contribution in [0.3, 0.4) is 0 Å². The van der Waals surface area contributed by atoms with Gasteiger partial charge in [-0.3, -0.25) is 9.78 Å². The third-order valence-electron chi connectivity index (χ3n) is 3.82. The zero-order valence-corrected chi connectivity index (χ0v) is 15.6. The van der Waals surface area contributed by atoms with Crippen molar-refractivity contribution in [3.63, 3.8) is 0 Å². The van der Waals surface area contributed by atoms with Gasteiger partial charge in [-0.1, -0.05) is 29.8 Å². The summed E-state index contributed by atoms with van der Waals surface area (Å²) < 4.78 is 1.25. The largest absolute Gasteiger partial charge is 0.349 e. The molecule has 0 bridgehead atoms. The maximum Gasteiger partial charge on any atom is 0.282 e. The van der Waals surface area contributed by atoms with Crippen molar-refractivity contribution < 1.29 is 4.79 Å². The number of carbonyl (C=O) groups excluding carboxylic acids is 1. The zero-order valence-electron chi connectivity index (χ0n) is 14.0. The number of anilines is 1. The van der Waals surface area contributed by atoms with Crippen molar-refractivity contribution in [3.8, 4) is 11.4 Å². The number of pyridine rings is 1. The van der Waals surface area contributed by atoms with Crippen LogP contribution in [0.2, 0.25) is 5.02 Å². The van der Waals surface area contributed by atoms with E-state index in [2.05, 4.69) is 20.4 Å². The quantitative estimate of drug-likeness (QED) is 0.543. The normalized spacial score (nSPS) is 10.7. The highest BCUT2D eigenvalue weighted by atomic mass is 35.5. The Kier molecular flexibility index (Phi) is 4.95. The van der Waals surface area contributed by atoms with E-state index in [0.717, 1.165) is 10.4 Å². The fraction of sp³-hybridized carbons (Fsp3) is 0.0526. The van der Waals surface area contributed by atoms with Crippen LogP contribution < -0.4 is 5.32 Å². The van der Waals surface area contributed by atoms with Crippen LogP contribution in [0.25, 0.3) is 11.4 Å². The van der Waals surface area contributed by atoms with Gasteiger partial charge in [-0.15, -0.1) is 16.4 Å². The lowest BCUT2D eigenvalue weighted by molar-refractivity contribution is 0.0947. The molecule has 0 unspecified atom stereocenters. The standard InChI is InChI=1S/C19H14ClN5OS/c20-16-8-2-1-7-15(16)18(26)25-19(22-12-14-6-4-10-27-14)23-17(24-25)13-5-3-9-21-11-13/h1-11H,12H2,(H,22,23,24). The fourth-order valence-electron chi connectivity index (χ4n) is 2.51. The van der Waals surface area contributed by atoms with Crippen molar-refractivity contribution in [1.82, 2.24) is 19.7 Å². The van der Waals surface area contributed by atoms with Gasteiger partial charge in [0.25, 0.3) is 5.91 Å².